The molecule has 0 aliphatic carbocycles. The highest BCUT2D eigenvalue weighted by Crippen LogP contribution is 2.30. The van der Waals surface area contributed by atoms with Gasteiger partial charge >= 0.3 is 0 Å². The number of hydrogen-bond donors (Lipinski definition) is 2. The van der Waals surface area contributed by atoms with Crippen molar-refractivity contribution in [2.75, 3.05) is 25.5 Å². The van der Waals surface area contributed by atoms with Crippen molar-refractivity contribution in [1.82, 2.24) is 4.90 Å². The molecular weight excluding hydrogens is 318 g/mol. The molecule has 0 radical (unpaired) electrons. The zero-order valence-electron chi connectivity index (χ0n) is 10.0. The number of hydrogen-bond acceptors (Lipinski definition) is 3. The van der Waals surface area contributed by atoms with Crippen molar-refractivity contribution in [3.8, 4) is 0 Å². The number of anilines is 1. The molecule has 4 nitrogen and oxygen atoms in total. The van der Waals surface area contributed by atoms with Crippen LogP contribution in [-0.2, 0) is 4.79 Å². The van der Waals surface area contributed by atoms with Crippen molar-refractivity contribution in [2.45, 2.75) is 12.0 Å². The third kappa shape index (κ3) is 2.63. The first-order chi connectivity index (χ1) is 8.43. The van der Waals surface area contributed by atoms with E-state index in [0.29, 0.717) is 18.0 Å². The summed E-state index contributed by atoms with van der Waals surface area (Å²) in [5, 5.41) is 3.88. The number of primary amides is 1. The van der Waals surface area contributed by atoms with Crippen molar-refractivity contribution < 1.29 is 4.79 Å². The van der Waals surface area contributed by atoms with Crippen LogP contribution in [0.15, 0.2) is 22.7 Å². The quantitative estimate of drug-likeness (QED) is 0.891. The Kier molecular flexibility index (Phi) is 3.84. The van der Waals surface area contributed by atoms with E-state index in [9.17, 15) is 4.79 Å². The maximum absolute atomic E-state index is 11.7. The van der Waals surface area contributed by atoms with Gasteiger partial charge in [-0.05, 0) is 47.6 Å². The highest BCUT2D eigenvalue weighted by molar-refractivity contribution is 9.10. The second-order valence-electron chi connectivity index (χ2n) is 4.69. The van der Waals surface area contributed by atoms with Gasteiger partial charge < -0.3 is 16.0 Å². The van der Waals surface area contributed by atoms with Gasteiger partial charge in [-0.25, -0.2) is 0 Å². The minimum atomic E-state index is -0.692. The summed E-state index contributed by atoms with van der Waals surface area (Å²) >= 11 is 9.31. The number of rotatable bonds is 3. The van der Waals surface area contributed by atoms with Gasteiger partial charge in [-0.3, -0.25) is 4.79 Å². The van der Waals surface area contributed by atoms with E-state index < -0.39 is 5.54 Å². The van der Waals surface area contributed by atoms with E-state index in [-0.39, 0.29) is 5.91 Å². The lowest BCUT2D eigenvalue weighted by molar-refractivity contribution is -0.121. The summed E-state index contributed by atoms with van der Waals surface area (Å²) in [6.45, 7) is 1.47. The molecule has 0 bridgehead atoms. The Labute approximate surface area is 120 Å². The highest BCUT2D eigenvalue weighted by atomic mass is 79.9. The number of nitrogens with zero attached hydrogens (tertiary/aromatic N) is 1. The van der Waals surface area contributed by atoms with Crippen LogP contribution < -0.4 is 11.1 Å². The van der Waals surface area contributed by atoms with Gasteiger partial charge in [0.15, 0.2) is 0 Å². The van der Waals surface area contributed by atoms with E-state index in [1.54, 1.807) is 6.07 Å². The number of halogens is 2. The van der Waals surface area contributed by atoms with Crippen LogP contribution in [-0.4, -0.2) is 36.5 Å². The van der Waals surface area contributed by atoms with Crippen LogP contribution in [0.5, 0.6) is 0 Å². The zero-order valence-corrected chi connectivity index (χ0v) is 12.4. The van der Waals surface area contributed by atoms with Gasteiger partial charge in [0, 0.05) is 23.2 Å². The molecule has 1 fully saturated rings. The second-order valence-corrected chi connectivity index (χ2v) is 5.95. The summed E-state index contributed by atoms with van der Waals surface area (Å²) in [4.78, 5) is 13.8. The number of benzene rings is 1. The standard InChI is InChI=1S/C12H15BrClN3O/c1-17-5-4-12(7-17,11(15)18)16-8-2-3-10(14)9(13)6-8/h2-3,6,16H,4-5,7H2,1H3,(H2,15,18). The van der Waals surface area contributed by atoms with Crippen LogP contribution in [0, 0.1) is 0 Å². The molecule has 0 spiro atoms. The SMILES string of the molecule is CN1CCC(Nc2ccc(Cl)c(Br)c2)(C(N)=O)C1. The van der Waals surface area contributed by atoms with Gasteiger partial charge in [0.2, 0.25) is 5.91 Å². The molecule has 1 aromatic rings. The summed E-state index contributed by atoms with van der Waals surface area (Å²) in [6, 6.07) is 5.47. The summed E-state index contributed by atoms with van der Waals surface area (Å²) in [5.74, 6) is -0.321. The smallest absolute Gasteiger partial charge is 0.244 e. The summed E-state index contributed by atoms with van der Waals surface area (Å²) in [5.41, 5.74) is 5.69. The van der Waals surface area contributed by atoms with Gasteiger partial charge in [0.05, 0.1) is 5.02 Å². The Bertz CT molecular complexity index is 482. The summed E-state index contributed by atoms with van der Waals surface area (Å²) in [7, 11) is 1.98. The normalized spacial score (nSPS) is 24.2. The topological polar surface area (TPSA) is 58.4 Å². The number of likely N-dealkylation sites (N-methyl/N-ethyl adjacent to an activating group) is 1. The van der Waals surface area contributed by atoms with Crippen molar-refractivity contribution in [3.63, 3.8) is 0 Å². The Morgan fingerprint density at radius 2 is 2.33 bits per heavy atom. The van der Waals surface area contributed by atoms with Crippen molar-refractivity contribution in [2.24, 2.45) is 5.73 Å². The number of amides is 1. The lowest BCUT2D eigenvalue weighted by atomic mass is 9.97. The Hall–Kier alpha value is -0.780. The van der Waals surface area contributed by atoms with Gasteiger partial charge in [0.25, 0.3) is 0 Å². The lowest BCUT2D eigenvalue weighted by Crippen LogP contribution is -2.52. The van der Waals surface area contributed by atoms with Gasteiger partial charge in [0.1, 0.15) is 5.54 Å². The van der Waals surface area contributed by atoms with Crippen LogP contribution in [0.4, 0.5) is 5.69 Å². The largest absolute Gasteiger partial charge is 0.370 e. The first kappa shape index (κ1) is 13.6. The van der Waals surface area contributed by atoms with Crippen LogP contribution in [0.3, 0.4) is 0 Å². The molecule has 1 heterocycles. The molecule has 0 aromatic heterocycles. The van der Waals surface area contributed by atoms with Crippen molar-refractivity contribution >= 4 is 39.1 Å². The number of nitrogens with two attached hydrogens (primary N) is 1. The van der Waals surface area contributed by atoms with Gasteiger partial charge in [-0.15, -0.1) is 0 Å². The number of carbonyl (C=O) groups excluding carboxylic acids is 1. The van der Waals surface area contributed by atoms with E-state index in [2.05, 4.69) is 26.1 Å². The molecule has 1 aliphatic rings. The van der Waals surface area contributed by atoms with Crippen molar-refractivity contribution in [1.29, 1.82) is 0 Å². The van der Waals surface area contributed by atoms with E-state index >= 15 is 0 Å². The highest BCUT2D eigenvalue weighted by Gasteiger charge is 2.42. The van der Waals surface area contributed by atoms with Crippen LogP contribution >= 0.6 is 27.5 Å². The predicted octanol–water partition coefficient (Wildman–Crippen LogP) is 2.07. The fourth-order valence-corrected chi connectivity index (χ4v) is 2.71. The fourth-order valence-electron chi connectivity index (χ4n) is 2.22. The Morgan fingerprint density at radius 3 is 2.83 bits per heavy atom. The Morgan fingerprint density at radius 1 is 1.61 bits per heavy atom. The number of likely N-dealkylation sites (tertiary alicyclic amines) is 1. The molecular formula is C12H15BrClN3O. The average molecular weight is 333 g/mol. The molecule has 3 N–H and O–H groups in total. The maximum Gasteiger partial charge on any atom is 0.244 e. The van der Waals surface area contributed by atoms with E-state index in [1.807, 2.05) is 19.2 Å². The fraction of sp³-hybridized carbons (Fsp3) is 0.417. The molecule has 1 aromatic carbocycles. The maximum atomic E-state index is 11.7. The van der Waals surface area contributed by atoms with Crippen LogP contribution in [0.1, 0.15) is 6.42 Å². The first-order valence-corrected chi connectivity index (χ1v) is 6.82. The molecule has 18 heavy (non-hydrogen) atoms. The molecule has 1 saturated heterocycles. The third-order valence-electron chi connectivity index (χ3n) is 3.24. The van der Waals surface area contributed by atoms with Gasteiger partial charge in [-0.1, -0.05) is 11.6 Å². The molecule has 1 aliphatic heterocycles. The Balaban J connectivity index is 2.24. The minimum Gasteiger partial charge on any atom is -0.370 e. The van der Waals surface area contributed by atoms with Crippen LogP contribution in [0.2, 0.25) is 5.02 Å². The molecule has 0 saturated carbocycles. The van der Waals surface area contributed by atoms with E-state index in [0.717, 1.165) is 16.7 Å². The second kappa shape index (κ2) is 5.07. The molecule has 2 rings (SSSR count). The molecule has 98 valence electrons. The predicted molar refractivity (Wildman–Crippen MR) is 76.8 cm³/mol. The molecule has 1 amide bonds. The van der Waals surface area contributed by atoms with Gasteiger partial charge in [-0.2, -0.15) is 0 Å². The van der Waals surface area contributed by atoms with E-state index in [4.69, 9.17) is 17.3 Å². The van der Waals surface area contributed by atoms with E-state index in [1.165, 1.54) is 0 Å². The number of nitrogens with one attached hydrogen (secondary N) is 1. The van der Waals surface area contributed by atoms with Crippen molar-refractivity contribution in [3.05, 3.63) is 27.7 Å². The number of carbonyl (C=O) groups is 1. The monoisotopic (exact) mass is 331 g/mol. The minimum absolute atomic E-state index is 0.321. The third-order valence-corrected chi connectivity index (χ3v) is 4.45. The first-order valence-electron chi connectivity index (χ1n) is 5.65. The average Bonchev–Trinajstić information content (AvgIpc) is 2.67. The lowest BCUT2D eigenvalue weighted by Gasteiger charge is -2.28. The zero-order chi connectivity index (χ0) is 13.3. The molecule has 6 heteroatoms. The van der Waals surface area contributed by atoms with Crippen LogP contribution in [0.25, 0.3) is 0 Å². The molecule has 1 atom stereocenters. The molecule has 1 unspecified atom stereocenters. The summed E-state index contributed by atoms with van der Waals surface area (Å²) < 4.78 is 0.792. The summed E-state index contributed by atoms with van der Waals surface area (Å²) in [6.07, 6.45) is 0.707.